The van der Waals surface area contributed by atoms with Gasteiger partial charge in [0.15, 0.2) is 0 Å². The van der Waals surface area contributed by atoms with E-state index in [9.17, 15) is 4.79 Å². The molecular formula is C22H31N3O2S. The number of rotatable bonds is 6. The van der Waals surface area contributed by atoms with Crippen LogP contribution < -0.4 is 0 Å². The van der Waals surface area contributed by atoms with Gasteiger partial charge in [0.1, 0.15) is 5.76 Å². The van der Waals surface area contributed by atoms with Crippen LogP contribution in [0.3, 0.4) is 0 Å². The molecular weight excluding hydrogens is 370 g/mol. The van der Waals surface area contributed by atoms with E-state index < -0.39 is 0 Å². The summed E-state index contributed by atoms with van der Waals surface area (Å²) in [4.78, 5) is 19.3. The van der Waals surface area contributed by atoms with Gasteiger partial charge in [-0.3, -0.25) is 9.69 Å². The van der Waals surface area contributed by atoms with E-state index in [4.69, 9.17) is 4.52 Å². The maximum absolute atomic E-state index is 13.4. The van der Waals surface area contributed by atoms with Gasteiger partial charge in [-0.1, -0.05) is 24.9 Å². The number of thiophene rings is 1. The molecule has 1 amide bonds. The monoisotopic (exact) mass is 401 g/mol. The summed E-state index contributed by atoms with van der Waals surface area (Å²) >= 11 is 1.75. The fourth-order valence-electron chi connectivity index (χ4n) is 4.71. The number of fused-ring (bicyclic) bond motifs is 1. The molecule has 2 aliphatic rings. The zero-order chi connectivity index (χ0) is 19.7. The van der Waals surface area contributed by atoms with Crippen molar-refractivity contribution in [2.45, 2.75) is 78.4 Å². The quantitative estimate of drug-likeness (QED) is 0.704. The third kappa shape index (κ3) is 3.77. The summed E-state index contributed by atoms with van der Waals surface area (Å²) in [6.45, 7) is 9.80. The molecule has 4 rings (SSSR count). The molecule has 0 bridgehead atoms. The van der Waals surface area contributed by atoms with Crippen molar-refractivity contribution in [1.82, 2.24) is 15.0 Å². The van der Waals surface area contributed by atoms with E-state index in [0.29, 0.717) is 6.04 Å². The summed E-state index contributed by atoms with van der Waals surface area (Å²) in [5.41, 5.74) is 4.45. The second-order valence-electron chi connectivity index (χ2n) is 8.25. The zero-order valence-corrected chi connectivity index (χ0v) is 18.1. The van der Waals surface area contributed by atoms with Gasteiger partial charge in [0.25, 0.3) is 5.91 Å². The summed E-state index contributed by atoms with van der Waals surface area (Å²) < 4.78 is 5.32. The minimum absolute atomic E-state index is 0.269. The van der Waals surface area contributed by atoms with Crippen molar-refractivity contribution in [1.29, 1.82) is 0 Å². The van der Waals surface area contributed by atoms with Gasteiger partial charge in [-0.05, 0) is 45.1 Å². The zero-order valence-electron chi connectivity index (χ0n) is 17.3. The standard InChI is InChI=1S/C22H31N3O2S/c1-4-10-25(17-7-5-6-8-17)22(26)20-14-28-21-13-24(11-9-18(20)21)12-19-15(2)23-27-16(19)3/h14,17H,4-13H2,1-3H3. The average Bonchev–Trinajstić information content (AvgIpc) is 3.42. The Labute approximate surface area is 171 Å². The molecule has 0 unspecified atom stereocenters. The number of hydrogen-bond acceptors (Lipinski definition) is 5. The Morgan fingerprint density at radius 2 is 2.14 bits per heavy atom. The Morgan fingerprint density at radius 3 is 2.82 bits per heavy atom. The first kappa shape index (κ1) is 19.6. The van der Waals surface area contributed by atoms with Crippen LogP contribution >= 0.6 is 11.3 Å². The highest BCUT2D eigenvalue weighted by Crippen LogP contribution is 2.33. The maximum Gasteiger partial charge on any atom is 0.255 e. The number of aromatic nitrogens is 1. The van der Waals surface area contributed by atoms with Crippen molar-refractivity contribution in [3.63, 3.8) is 0 Å². The van der Waals surface area contributed by atoms with Crippen molar-refractivity contribution in [2.75, 3.05) is 13.1 Å². The van der Waals surface area contributed by atoms with Crippen molar-refractivity contribution in [3.05, 3.63) is 38.4 Å². The van der Waals surface area contributed by atoms with Gasteiger partial charge in [-0.2, -0.15) is 0 Å². The van der Waals surface area contributed by atoms with Gasteiger partial charge in [0.05, 0.1) is 11.3 Å². The molecule has 0 N–H and O–H groups in total. The topological polar surface area (TPSA) is 49.6 Å². The maximum atomic E-state index is 13.4. The van der Waals surface area contributed by atoms with E-state index in [-0.39, 0.29) is 5.91 Å². The molecule has 1 aliphatic heterocycles. The predicted octanol–water partition coefficient (Wildman–Crippen LogP) is 4.71. The minimum Gasteiger partial charge on any atom is -0.361 e. The van der Waals surface area contributed by atoms with E-state index in [1.165, 1.54) is 41.7 Å². The summed E-state index contributed by atoms with van der Waals surface area (Å²) in [6, 6.07) is 0.447. The number of aryl methyl sites for hydroxylation is 2. The van der Waals surface area contributed by atoms with Crippen molar-refractivity contribution in [3.8, 4) is 0 Å². The van der Waals surface area contributed by atoms with Crippen LogP contribution in [0.5, 0.6) is 0 Å². The van der Waals surface area contributed by atoms with Crippen LogP contribution in [0, 0.1) is 13.8 Å². The third-order valence-corrected chi connectivity index (χ3v) is 7.32. The van der Waals surface area contributed by atoms with Gasteiger partial charge < -0.3 is 9.42 Å². The normalized spacial score (nSPS) is 17.8. The molecule has 0 radical (unpaired) electrons. The first-order valence-corrected chi connectivity index (χ1v) is 11.5. The van der Waals surface area contributed by atoms with Gasteiger partial charge in [-0.15, -0.1) is 11.3 Å². The lowest BCUT2D eigenvalue weighted by molar-refractivity contribution is 0.0680. The van der Waals surface area contributed by atoms with Gasteiger partial charge in [-0.25, -0.2) is 0 Å². The van der Waals surface area contributed by atoms with E-state index in [0.717, 1.165) is 56.0 Å². The first-order chi connectivity index (χ1) is 13.6. The SMILES string of the molecule is CCCN(C(=O)c1csc2c1CCN(Cc1c(C)noc1C)C2)C1CCCC1. The second kappa shape index (κ2) is 8.37. The van der Waals surface area contributed by atoms with Crippen LogP contribution in [0.4, 0.5) is 0 Å². The Balaban J connectivity index is 1.49. The molecule has 0 atom stereocenters. The predicted molar refractivity (Wildman–Crippen MR) is 112 cm³/mol. The average molecular weight is 402 g/mol. The summed E-state index contributed by atoms with van der Waals surface area (Å²) in [5, 5.41) is 6.19. The summed E-state index contributed by atoms with van der Waals surface area (Å²) in [6.07, 6.45) is 6.84. The lowest BCUT2D eigenvalue weighted by Crippen LogP contribution is -2.40. The smallest absolute Gasteiger partial charge is 0.255 e. The lowest BCUT2D eigenvalue weighted by atomic mass is 10.0. The first-order valence-electron chi connectivity index (χ1n) is 10.6. The van der Waals surface area contributed by atoms with E-state index >= 15 is 0 Å². The van der Waals surface area contributed by atoms with Crippen LogP contribution in [-0.2, 0) is 19.5 Å². The van der Waals surface area contributed by atoms with Crippen LogP contribution in [0.1, 0.15) is 76.8 Å². The van der Waals surface area contributed by atoms with Gasteiger partial charge >= 0.3 is 0 Å². The largest absolute Gasteiger partial charge is 0.361 e. The van der Waals surface area contributed by atoms with Gasteiger partial charge in [0, 0.05) is 48.0 Å². The molecule has 6 heteroatoms. The molecule has 1 saturated carbocycles. The van der Waals surface area contributed by atoms with Crippen LogP contribution in [0.15, 0.2) is 9.90 Å². The highest BCUT2D eigenvalue weighted by molar-refractivity contribution is 7.10. The Hall–Kier alpha value is -1.66. The number of amides is 1. The van der Waals surface area contributed by atoms with E-state index in [1.807, 2.05) is 13.8 Å². The second-order valence-corrected chi connectivity index (χ2v) is 9.22. The van der Waals surface area contributed by atoms with Crippen LogP contribution in [0.2, 0.25) is 0 Å². The molecule has 0 spiro atoms. The Kier molecular flexibility index (Phi) is 5.88. The fourth-order valence-corrected chi connectivity index (χ4v) is 5.82. The number of carbonyl (C=O) groups is 1. The van der Waals surface area contributed by atoms with Crippen LogP contribution in [-0.4, -0.2) is 40.0 Å². The third-order valence-electron chi connectivity index (χ3n) is 6.31. The van der Waals surface area contributed by atoms with Crippen molar-refractivity contribution in [2.24, 2.45) is 0 Å². The minimum atomic E-state index is 0.269. The molecule has 5 nitrogen and oxygen atoms in total. The fraction of sp³-hybridized carbons (Fsp3) is 0.636. The van der Waals surface area contributed by atoms with Crippen molar-refractivity contribution < 1.29 is 9.32 Å². The summed E-state index contributed by atoms with van der Waals surface area (Å²) in [5.74, 6) is 1.18. The number of hydrogen-bond donors (Lipinski definition) is 0. The number of nitrogens with zero attached hydrogens (tertiary/aromatic N) is 3. The highest BCUT2D eigenvalue weighted by Gasteiger charge is 2.31. The van der Waals surface area contributed by atoms with E-state index in [2.05, 4.69) is 27.3 Å². The van der Waals surface area contributed by atoms with Crippen molar-refractivity contribution >= 4 is 17.2 Å². The molecule has 152 valence electrons. The molecule has 0 saturated heterocycles. The molecule has 3 heterocycles. The molecule has 28 heavy (non-hydrogen) atoms. The van der Waals surface area contributed by atoms with Gasteiger partial charge in [0.2, 0.25) is 0 Å². The Morgan fingerprint density at radius 1 is 1.36 bits per heavy atom. The molecule has 0 aromatic carbocycles. The van der Waals surface area contributed by atoms with E-state index in [1.54, 1.807) is 11.3 Å². The molecule has 2 aromatic rings. The Bertz CT molecular complexity index is 815. The molecule has 2 aromatic heterocycles. The summed E-state index contributed by atoms with van der Waals surface area (Å²) in [7, 11) is 0. The lowest BCUT2D eigenvalue weighted by Gasteiger charge is -2.30. The molecule has 1 fully saturated rings. The van der Waals surface area contributed by atoms with Crippen LogP contribution in [0.25, 0.3) is 0 Å². The number of carbonyl (C=O) groups excluding carboxylic acids is 1. The molecule has 1 aliphatic carbocycles. The highest BCUT2D eigenvalue weighted by atomic mass is 32.1.